The van der Waals surface area contributed by atoms with E-state index in [9.17, 15) is 9.18 Å². The highest BCUT2D eigenvalue weighted by molar-refractivity contribution is 9.09. The lowest BCUT2D eigenvalue weighted by atomic mass is 10.1. The number of hydrogen-bond acceptors (Lipinski definition) is 3. The molecule has 2 aromatic heterocycles. The van der Waals surface area contributed by atoms with Gasteiger partial charge in [0.15, 0.2) is 5.65 Å². The lowest BCUT2D eigenvalue weighted by Crippen LogP contribution is -2.30. The first-order chi connectivity index (χ1) is 13.3. The molecule has 0 spiro atoms. The van der Waals surface area contributed by atoms with Crippen molar-refractivity contribution in [2.45, 2.75) is 38.1 Å². The predicted octanol–water partition coefficient (Wildman–Crippen LogP) is 5.25. The summed E-state index contributed by atoms with van der Waals surface area (Å²) in [7, 11) is 0. The van der Waals surface area contributed by atoms with Gasteiger partial charge < -0.3 is 5.32 Å². The van der Waals surface area contributed by atoms with Crippen molar-refractivity contribution >= 4 is 38.4 Å². The number of carbonyl (C=O) groups is 1. The highest BCUT2D eigenvalue weighted by Crippen LogP contribution is 2.28. The van der Waals surface area contributed by atoms with E-state index in [2.05, 4.69) is 49.6 Å². The molecule has 2 rings (SSSR count). The average Bonchev–Trinajstić information content (AvgIpc) is 3.05. The van der Waals surface area contributed by atoms with Crippen LogP contribution in [0.2, 0.25) is 0 Å². The van der Waals surface area contributed by atoms with Gasteiger partial charge in [-0.05, 0) is 38.5 Å². The van der Waals surface area contributed by atoms with E-state index in [0.717, 1.165) is 11.8 Å². The van der Waals surface area contributed by atoms with Gasteiger partial charge in [0.2, 0.25) is 5.91 Å². The number of halogens is 2. The Labute approximate surface area is 173 Å². The highest BCUT2D eigenvalue weighted by Gasteiger charge is 2.14. The highest BCUT2D eigenvalue weighted by atomic mass is 79.9. The van der Waals surface area contributed by atoms with Crippen LogP contribution in [0.1, 0.15) is 32.9 Å². The largest absolute Gasteiger partial charge is 0.350 e. The molecular weight excluding hydrogens is 423 g/mol. The van der Waals surface area contributed by atoms with E-state index >= 15 is 0 Å². The first-order valence-electron chi connectivity index (χ1n) is 8.82. The van der Waals surface area contributed by atoms with Gasteiger partial charge in [-0.15, -0.1) is 13.2 Å². The molecule has 2 unspecified atom stereocenters. The molecule has 0 bridgehead atoms. The fourth-order valence-corrected chi connectivity index (χ4v) is 2.64. The Hall–Kier alpha value is -2.54. The summed E-state index contributed by atoms with van der Waals surface area (Å²) in [6.07, 6.45) is 9.09. The van der Waals surface area contributed by atoms with Crippen LogP contribution >= 0.6 is 15.9 Å². The van der Waals surface area contributed by atoms with E-state index < -0.39 is 0 Å². The molecule has 1 amide bonds. The number of pyridine rings is 1. The Bertz CT molecular complexity index is 870. The summed E-state index contributed by atoms with van der Waals surface area (Å²) in [6, 6.07) is 3.72. The van der Waals surface area contributed by atoms with Crippen LogP contribution in [0.15, 0.2) is 61.6 Å². The molecule has 2 heterocycles. The van der Waals surface area contributed by atoms with Gasteiger partial charge in [0.1, 0.15) is 5.83 Å². The number of aromatic amines is 1. The third-order valence-corrected chi connectivity index (χ3v) is 3.88. The molecule has 0 saturated heterocycles. The Morgan fingerprint density at radius 2 is 2.18 bits per heavy atom. The van der Waals surface area contributed by atoms with Gasteiger partial charge in [-0.1, -0.05) is 34.2 Å². The van der Waals surface area contributed by atoms with Gasteiger partial charge >= 0.3 is 0 Å². The van der Waals surface area contributed by atoms with Crippen LogP contribution in [-0.4, -0.2) is 32.0 Å². The van der Waals surface area contributed by atoms with E-state index in [4.69, 9.17) is 0 Å². The van der Waals surface area contributed by atoms with Crippen molar-refractivity contribution in [3.05, 3.63) is 67.3 Å². The third kappa shape index (κ3) is 7.23. The predicted molar refractivity (Wildman–Crippen MR) is 118 cm³/mol. The molecule has 0 saturated carbocycles. The van der Waals surface area contributed by atoms with Crippen molar-refractivity contribution in [2.75, 3.05) is 0 Å². The summed E-state index contributed by atoms with van der Waals surface area (Å²) in [6.45, 7) is 12.3. The van der Waals surface area contributed by atoms with E-state index in [1.165, 1.54) is 13.0 Å². The summed E-state index contributed by atoms with van der Waals surface area (Å²) < 4.78 is 14.1. The monoisotopic (exact) mass is 448 g/mol. The Balaban J connectivity index is 0.000000336. The number of amides is 1. The number of allylic oxidation sites excluding steroid dienone is 4. The SMILES string of the molecule is C/C=C(\C(F)=C/C(C)Br)c1[nH]nc2ncccc12.C=CCC(C=C)NC(C)=O. The van der Waals surface area contributed by atoms with Crippen LogP contribution < -0.4 is 5.32 Å². The lowest BCUT2D eigenvalue weighted by molar-refractivity contribution is -0.119. The normalized spacial score (nSPS) is 13.9. The van der Waals surface area contributed by atoms with Crippen LogP contribution in [0, 0.1) is 0 Å². The first-order valence-corrected chi connectivity index (χ1v) is 9.73. The minimum atomic E-state index is -0.281. The fourth-order valence-electron chi connectivity index (χ4n) is 2.40. The Kier molecular flexibility index (Phi) is 10.1. The van der Waals surface area contributed by atoms with Crippen molar-refractivity contribution in [3.8, 4) is 0 Å². The average molecular weight is 449 g/mol. The van der Waals surface area contributed by atoms with Gasteiger partial charge in [0.05, 0.1) is 11.7 Å². The summed E-state index contributed by atoms with van der Waals surface area (Å²) in [5, 5.41) is 10.4. The molecule has 2 aromatic rings. The molecule has 150 valence electrons. The van der Waals surface area contributed by atoms with Crippen molar-refractivity contribution in [1.82, 2.24) is 20.5 Å². The zero-order valence-electron chi connectivity index (χ0n) is 16.4. The second-order valence-electron chi connectivity index (χ2n) is 5.93. The third-order valence-electron chi connectivity index (χ3n) is 3.61. The second-order valence-corrected chi connectivity index (χ2v) is 7.38. The Morgan fingerprint density at radius 1 is 1.46 bits per heavy atom. The topological polar surface area (TPSA) is 70.7 Å². The summed E-state index contributed by atoms with van der Waals surface area (Å²) in [5.74, 6) is -0.317. The number of nitrogens with zero attached hydrogens (tertiary/aromatic N) is 2. The standard InChI is InChI=1S/C13H13BrFN3.C8H13NO/c1-3-9(11(15)7-8(2)14)12-10-5-4-6-16-13(10)18-17-12;1-4-6-8(5-2)9-7(3)10/h3-8H,1-2H3,(H,16,17,18);4-5,8H,1-2,6H2,3H3,(H,9,10)/b9-3+,11-7+;. The van der Waals surface area contributed by atoms with E-state index in [-0.39, 0.29) is 22.6 Å². The molecule has 2 N–H and O–H groups in total. The van der Waals surface area contributed by atoms with Crippen molar-refractivity contribution in [3.63, 3.8) is 0 Å². The Morgan fingerprint density at radius 3 is 2.71 bits per heavy atom. The second kappa shape index (κ2) is 12.0. The fraction of sp³-hybridized carbons (Fsp3) is 0.286. The summed E-state index contributed by atoms with van der Waals surface area (Å²) in [4.78, 5) is 14.6. The van der Waals surface area contributed by atoms with Gasteiger partial charge in [-0.2, -0.15) is 5.10 Å². The maximum absolute atomic E-state index is 14.1. The molecule has 0 radical (unpaired) electrons. The maximum Gasteiger partial charge on any atom is 0.217 e. The number of rotatable bonds is 7. The summed E-state index contributed by atoms with van der Waals surface area (Å²) in [5.41, 5.74) is 1.74. The molecule has 2 atom stereocenters. The molecule has 28 heavy (non-hydrogen) atoms. The van der Waals surface area contributed by atoms with E-state index in [1.54, 1.807) is 31.3 Å². The number of aromatic nitrogens is 3. The van der Waals surface area contributed by atoms with Crippen LogP contribution in [0.4, 0.5) is 4.39 Å². The number of alkyl halides is 1. The quantitative estimate of drug-likeness (QED) is 0.345. The maximum atomic E-state index is 14.1. The molecule has 0 aliphatic carbocycles. The van der Waals surface area contributed by atoms with E-state index in [1.807, 2.05) is 19.1 Å². The van der Waals surface area contributed by atoms with E-state index in [0.29, 0.717) is 16.9 Å². The number of hydrogen-bond donors (Lipinski definition) is 2. The van der Waals surface area contributed by atoms with Crippen LogP contribution in [0.3, 0.4) is 0 Å². The number of nitrogens with one attached hydrogen (secondary N) is 2. The summed E-state index contributed by atoms with van der Waals surface area (Å²) >= 11 is 3.30. The minimum Gasteiger partial charge on any atom is -0.350 e. The van der Waals surface area contributed by atoms with Crippen molar-refractivity contribution in [1.29, 1.82) is 0 Å². The van der Waals surface area contributed by atoms with Gasteiger partial charge in [0, 0.05) is 28.9 Å². The van der Waals surface area contributed by atoms with Gasteiger partial charge in [-0.25, -0.2) is 9.37 Å². The van der Waals surface area contributed by atoms with Crippen molar-refractivity contribution < 1.29 is 9.18 Å². The van der Waals surface area contributed by atoms with Gasteiger partial charge in [-0.3, -0.25) is 9.89 Å². The number of carbonyl (C=O) groups excluding carboxylic acids is 1. The lowest BCUT2D eigenvalue weighted by Gasteiger charge is -2.09. The van der Waals surface area contributed by atoms with Crippen LogP contribution in [-0.2, 0) is 4.79 Å². The minimum absolute atomic E-state index is 0.0280. The number of fused-ring (bicyclic) bond motifs is 1. The first kappa shape index (κ1) is 23.5. The molecule has 0 aliphatic rings. The zero-order chi connectivity index (χ0) is 21.1. The molecule has 0 fully saturated rings. The molecule has 0 aromatic carbocycles. The van der Waals surface area contributed by atoms with Gasteiger partial charge in [0.25, 0.3) is 0 Å². The molecule has 0 aliphatic heterocycles. The molecular formula is C21H26BrFN4O. The zero-order valence-corrected chi connectivity index (χ0v) is 18.0. The smallest absolute Gasteiger partial charge is 0.217 e. The molecule has 5 nitrogen and oxygen atoms in total. The van der Waals surface area contributed by atoms with Crippen molar-refractivity contribution in [2.24, 2.45) is 0 Å². The number of H-pyrrole nitrogens is 1. The molecule has 7 heteroatoms. The van der Waals surface area contributed by atoms with Crippen LogP contribution in [0.25, 0.3) is 16.6 Å². The van der Waals surface area contributed by atoms with Crippen LogP contribution in [0.5, 0.6) is 0 Å².